The summed E-state index contributed by atoms with van der Waals surface area (Å²) in [5.41, 5.74) is 5.57. The van der Waals surface area contributed by atoms with Crippen molar-refractivity contribution in [1.29, 1.82) is 0 Å². The molecule has 3 aromatic rings. The van der Waals surface area contributed by atoms with Gasteiger partial charge >= 0.3 is 0 Å². The summed E-state index contributed by atoms with van der Waals surface area (Å²) in [5, 5.41) is 4.37. The summed E-state index contributed by atoms with van der Waals surface area (Å²) in [6, 6.07) is 8.15. The van der Waals surface area contributed by atoms with Crippen LogP contribution in [0.2, 0.25) is 0 Å². The minimum Gasteiger partial charge on any atom is -0.322 e. The number of benzene rings is 1. The van der Waals surface area contributed by atoms with Gasteiger partial charge in [-0.2, -0.15) is 5.10 Å². The summed E-state index contributed by atoms with van der Waals surface area (Å²) in [4.78, 5) is 4.68. The van der Waals surface area contributed by atoms with Gasteiger partial charge in [0.15, 0.2) is 0 Å². The zero-order chi connectivity index (χ0) is 15.1. The van der Waals surface area contributed by atoms with E-state index in [-0.39, 0.29) is 5.38 Å². The van der Waals surface area contributed by atoms with Crippen LogP contribution in [-0.2, 0) is 13.6 Å². The molecular formula is C16H19ClN4. The van der Waals surface area contributed by atoms with Crippen LogP contribution in [0.1, 0.15) is 35.1 Å². The monoisotopic (exact) mass is 302 g/mol. The Morgan fingerprint density at radius 2 is 1.95 bits per heavy atom. The third kappa shape index (κ3) is 2.33. The van der Waals surface area contributed by atoms with Crippen molar-refractivity contribution < 1.29 is 0 Å². The van der Waals surface area contributed by atoms with Crippen molar-refractivity contribution in [2.75, 3.05) is 0 Å². The lowest BCUT2D eigenvalue weighted by Gasteiger charge is -2.11. The van der Waals surface area contributed by atoms with Gasteiger partial charge in [0.2, 0.25) is 0 Å². The minimum atomic E-state index is -0.130. The summed E-state index contributed by atoms with van der Waals surface area (Å²) in [6.07, 6.45) is 0. The van der Waals surface area contributed by atoms with Gasteiger partial charge in [-0.3, -0.25) is 4.68 Å². The Kier molecular flexibility index (Phi) is 3.49. The van der Waals surface area contributed by atoms with Crippen LogP contribution < -0.4 is 0 Å². The third-order valence-corrected chi connectivity index (χ3v) is 4.21. The number of imidazole rings is 1. The van der Waals surface area contributed by atoms with Gasteiger partial charge in [-0.15, -0.1) is 11.6 Å². The molecule has 0 radical (unpaired) electrons. The molecule has 1 unspecified atom stereocenters. The zero-order valence-electron chi connectivity index (χ0n) is 12.8. The Hall–Kier alpha value is -1.81. The molecule has 0 saturated carbocycles. The highest BCUT2D eigenvalue weighted by molar-refractivity contribution is 6.20. The van der Waals surface area contributed by atoms with Crippen molar-refractivity contribution >= 4 is 22.6 Å². The molecule has 0 aliphatic rings. The number of hydrogen-bond acceptors (Lipinski definition) is 2. The van der Waals surface area contributed by atoms with Crippen LogP contribution >= 0.6 is 11.6 Å². The molecule has 2 aromatic heterocycles. The molecule has 1 atom stereocenters. The van der Waals surface area contributed by atoms with Gasteiger partial charge < -0.3 is 4.57 Å². The normalized spacial score (nSPS) is 13.0. The summed E-state index contributed by atoms with van der Waals surface area (Å²) in [7, 11) is 1.98. The highest BCUT2D eigenvalue weighted by atomic mass is 35.5. The summed E-state index contributed by atoms with van der Waals surface area (Å²) in [6.45, 7) is 6.85. The van der Waals surface area contributed by atoms with E-state index < -0.39 is 0 Å². The smallest absolute Gasteiger partial charge is 0.128 e. The first-order valence-corrected chi connectivity index (χ1v) is 7.51. The van der Waals surface area contributed by atoms with E-state index in [1.807, 2.05) is 43.8 Å². The Morgan fingerprint density at radius 1 is 1.24 bits per heavy atom. The van der Waals surface area contributed by atoms with Crippen molar-refractivity contribution in [3.8, 4) is 0 Å². The molecule has 3 rings (SSSR count). The molecule has 21 heavy (non-hydrogen) atoms. The molecule has 2 heterocycles. The van der Waals surface area contributed by atoms with E-state index in [1.165, 1.54) is 11.3 Å². The van der Waals surface area contributed by atoms with Crippen LogP contribution in [0.4, 0.5) is 0 Å². The van der Waals surface area contributed by atoms with E-state index in [1.54, 1.807) is 0 Å². The van der Waals surface area contributed by atoms with Gasteiger partial charge in [-0.05, 0) is 32.9 Å². The predicted molar refractivity (Wildman–Crippen MR) is 85.8 cm³/mol. The second-order valence-corrected chi connectivity index (χ2v) is 6.09. The number of alkyl halides is 1. The van der Waals surface area contributed by atoms with Crippen molar-refractivity contribution in [2.24, 2.45) is 7.05 Å². The van der Waals surface area contributed by atoms with Crippen LogP contribution in [0.5, 0.6) is 0 Å². The Labute approximate surface area is 129 Å². The molecule has 0 aliphatic heterocycles. The maximum absolute atomic E-state index is 6.33. The fraction of sp³-hybridized carbons (Fsp3) is 0.375. The fourth-order valence-electron chi connectivity index (χ4n) is 2.77. The number of halogens is 1. The molecule has 1 aromatic carbocycles. The Morgan fingerprint density at radius 3 is 2.57 bits per heavy atom. The van der Waals surface area contributed by atoms with Gasteiger partial charge in [-0.1, -0.05) is 12.1 Å². The maximum Gasteiger partial charge on any atom is 0.128 e. The summed E-state index contributed by atoms with van der Waals surface area (Å²) >= 11 is 6.33. The maximum atomic E-state index is 6.33. The first-order valence-electron chi connectivity index (χ1n) is 7.07. The molecule has 5 heteroatoms. The van der Waals surface area contributed by atoms with Crippen molar-refractivity contribution in [1.82, 2.24) is 19.3 Å². The Bertz CT molecular complexity index is 798. The van der Waals surface area contributed by atoms with Crippen LogP contribution in [0, 0.1) is 13.8 Å². The number of hydrogen-bond donors (Lipinski definition) is 0. The SMILES string of the molecule is Cc1nn(C)c(C)c1Cn1c(C(C)Cl)nc2ccccc21. The highest BCUT2D eigenvalue weighted by Crippen LogP contribution is 2.26. The van der Waals surface area contributed by atoms with Gasteiger partial charge in [0.1, 0.15) is 5.82 Å². The molecular weight excluding hydrogens is 284 g/mol. The Balaban J connectivity index is 2.17. The van der Waals surface area contributed by atoms with E-state index in [9.17, 15) is 0 Å². The van der Waals surface area contributed by atoms with Crippen LogP contribution in [0.25, 0.3) is 11.0 Å². The van der Waals surface area contributed by atoms with Gasteiger partial charge in [0.25, 0.3) is 0 Å². The molecule has 0 N–H and O–H groups in total. The van der Waals surface area contributed by atoms with Gasteiger partial charge in [-0.25, -0.2) is 4.98 Å². The molecule has 0 fully saturated rings. The fourth-order valence-corrected chi connectivity index (χ4v) is 2.93. The largest absolute Gasteiger partial charge is 0.322 e. The average Bonchev–Trinajstić information content (AvgIpc) is 2.93. The molecule has 0 bridgehead atoms. The van der Waals surface area contributed by atoms with Crippen LogP contribution in [-0.4, -0.2) is 19.3 Å². The van der Waals surface area contributed by atoms with Gasteiger partial charge in [0, 0.05) is 18.3 Å². The van der Waals surface area contributed by atoms with Crippen molar-refractivity contribution in [3.05, 3.63) is 47.0 Å². The number of nitrogens with zero attached hydrogens (tertiary/aromatic N) is 4. The lowest BCUT2D eigenvalue weighted by atomic mass is 10.2. The number of rotatable bonds is 3. The molecule has 110 valence electrons. The average molecular weight is 303 g/mol. The topological polar surface area (TPSA) is 35.6 Å². The van der Waals surface area contributed by atoms with Crippen LogP contribution in [0.3, 0.4) is 0 Å². The second-order valence-electron chi connectivity index (χ2n) is 5.43. The van der Waals surface area contributed by atoms with Crippen LogP contribution in [0.15, 0.2) is 24.3 Å². The minimum absolute atomic E-state index is 0.130. The van der Waals surface area contributed by atoms with E-state index in [2.05, 4.69) is 27.6 Å². The first kappa shape index (κ1) is 14.1. The van der Waals surface area contributed by atoms with Crippen molar-refractivity contribution in [3.63, 3.8) is 0 Å². The summed E-state index contributed by atoms with van der Waals surface area (Å²) < 4.78 is 4.12. The highest BCUT2D eigenvalue weighted by Gasteiger charge is 2.17. The predicted octanol–water partition coefficient (Wildman–Crippen LogP) is 3.73. The second kappa shape index (κ2) is 5.19. The number of aromatic nitrogens is 4. The van der Waals surface area contributed by atoms with Gasteiger partial charge in [0.05, 0.1) is 28.6 Å². The van der Waals surface area contributed by atoms with E-state index >= 15 is 0 Å². The lowest BCUT2D eigenvalue weighted by molar-refractivity contribution is 0.719. The molecule has 0 saturated heterocycles. The quantitative estimate of drug-likeness (QED) is 0.691. The summed E-state index contributed by atoms with van der Waals surface area (Å²) in [5.74, 6) is 0.903. The number of fused-ring (bicyclic) bond motifs is 1. The standard InChI is InChI=1S/C16H19ClN4/c1-10(17)16-18-14-7-5-6-8-15(14)21(16)9-13-11(2)19-20(4)12(13)3/h5-8,10H,9H2,1-4H3. The molecule has 0 spiro atoms. The molecule has 0 aliphatic carbocycles. The lowest BCUT2D eigenvalue weighted by Crippen LogP contribution is -2.07. The van der Waals surface area contributed by atoms with E-state index in [4.69, 9.17) is 11.6 Å². The zero-order valence-corrected chi connectivity index (χ0v) is 13.5. The number of aryl methyl sites for hydroxylation is 2. The molecule has 0 amide bonds. The number of para-hydroxylation sites is 2. The van der Waals surface area contributed by atoms with E-state index in [0.29, 0.717) is 0 Å². The van der Waals surface area contributed by atoms with E-state index in [0.717, 1.165) is 29.1 Å². The first-order chi connectivity index (χ1) is 9.99. The molecule has 4 nitrogen and oxygen atoms in total. The third-order valence-electron chi connectivity index (χ3n) is 4.01. The van der Waals surface area contributed by atoms with Crippen molar-refractivity contribution in [2.45, 2.75) is 32.7 Å².